The molecule has 1 saturated carbocycles. The first-order valence-electron chi connectivity index (χ1n) is 11.1. The number of rotatable bonds is 6. The molecule has 2 aromatic carbocycles. The average molecular weight is 444 g/mol. The van der Waals surface area contributed by atoms with E-state index in [2.05, 4.69) is 51.9 Å². The van der Waals surface area contributed by atoms with Gasteiger partial charge in [-0.3, -0.25) is 4.79 Å². The summed E-state index contributed by atoms with van der Waals surface area (Å²) < 4.78 is 1.72. The highest BCUT2D eigenvalue weighted by Crippen LogP contribution is 2.25. The van der Waals surface area contributed by atoms with Crippen LogP contribution < -0.4 is 5.32 Å². The number of nitrogens with one attached hydrogen (secondary N) is 1. The van der Waals surface area contributed by atoms with Crippen molar-refractivity contribution in [3.05, 3.63) is 66.7 Å². The highest BCUT2D eigenvalue weighted by atomic mass is 32.2. The largest absolute Gasteiger partial charge is 0.353 e. The highest BCUT2D eigenvalue weighted by Gasteiger charge is 2.17. The lowest BCUT2D eigenvalue weighted by Crippen LogP contribution is -2.37. The number of fused-ring (bicyclic) bond motifs is 1. The summed E-state index contributed by atoms with van der Waals surface area (Å²) in [7, 11) is 0. The minimum Gasteiger partial charge on any atom is -0.353 e. The van der Waals surface area contributed by atoms with Crippen LogP contribution in [0.2, 0.25) is 0 Å². The summed E-state index contributed by atoms with van der Waals surface area (Å²) in [6, 6.07) is 22.8. The molecule has 1 fully saturated rings. The third kappa shape index (κ3) is 4.67. The van der Waals surface area contributed by atoms with Crippen LogP contribution in [0.4, 0.5) is 0 Å². The van der Waals surface area contributed by atoms with Crippen molar-refractivity contribution in [3.63, 3.8) is 0 Å². The van der Waals surface area contributed by atoms with Crippen molar-refractivity contribution >= 4 is 23.3 Å². The lowest BCUT2D eigenvalue weighted by Gasteiger charge is -2.22. The Balaban J connectivity index is 1.30. The lowest BCUT2D eigenvalue weighted by atomic mass is 9.95. The Labute approximate surface area is 191 Å². The van der Waals surface area contributed by atoms with Gasteiger partial charge in [0.1, 0.15) is 0 Å². The molecule has 0 radical (unpaired) electrons. The fourth-order valence-electron chi connectivity index (χ4n) is 4.12. The first-order chi connectivity index (χ1) is 15.8. The zero-order valence-corrected chi connectivity index (χ0v) is 18.6. The standard InChI is InChI=1S/C25H25N5OS/c31-24(26-21-9-5-2-6-10-21)17-32-25-28-27-23-16-15-22(29-30(23)25)20-13-11-19(12-14-20)18-7-3-1-4-8-18/h1,3-4,7-8,11-16,21H,2,5-6,9-10,17H2,(H,26,31). The molecule has 0 bridgehead atoms. The van der Waals surface area contributed by atoms with Crippen LogP contribution >= 0.6 is 11.8 Å². The molecule has 1 aliphatic carbocycles. The fourth-order valence-corrected chi connectivity index (χ4v) is 4.82. The van der Waals surface area contributed by atoms with E-state index >= 15 is 0 Å². The number of thioether (sulfide) groups is 1. The van der Waals surface area contributed by atoms with Crippen LogP contribution in [0.25, 0.3) is 28.0 Å². The van der Waals surface area contributed by atoms with E-state index in [0.717, 1.165) is 24.1 Å². The topological polar surface area (TPSA) is 72.2 Å². The molecule has 4 aromatic rings. The molecule has 2 aromatic heterocycles. The minimum atomic E-state index is 0.0475. The maximum absolute atomic E-state index is 12.4. The summed E-state index contributed by atoms with van der Waals surface area (Å²) >= 11 is 1.37. The number of hydrogen-bond donors (Lipinski definition) is 1. The van der Waals surface area contributed by atoms with Crippen LogP contribution in [0.3, 0.4) is 0 Å². The van der Waals surface area contributed by atoms with E-state index in [1.165, 1.54) is 42.2 Å². The fraction of sp³-hybridized carbons (Fsp3) is 0.280. The van der Waals surface area contributed by atoms with Crippen LogP contribution in [0.15, 0.2) is 71.9 Å². The Kier molecular flexibility index (Phi) is 6.16. The molecule has 1 aliphatic rings. The Bertz CT molecular complexity index is 1200. The van der Waals surface area contributed by atoms with Crippen molar-refractivity contribution in [3.8, 4) is 22.4 Å². The Morgan fingerprint density at radius 2 is 1.59 bits per heavy atom. The van der Waals surface area contributed by atoms with Gasteiger partial charge in [-0.1, -0.05) is 85.6 Å². The van der Waals surface area contributed by atoms with Crippen molar-refractivity contribution in [1.29, 1.82) is 0 Å². The van der Waals surface area contributed by atoms with Gasteiger partial charge < -0.3 is 5.32 Å². The Morgan fingerprint density at radius 3 is 2.38 bits per heavy atom. The summed E-state index contributed by atoms with van der Waals surface area (Å²) in [6.07, 6.45) is 5.84. The number of amides is 1. The van der Waals surface area contributed by atoms with Crippen molar-refractivity contribution in [2.75, 3.05) is 5.75 Å². The summed E-state index contributed by atoms with van der Waals surface area (Å²) in [5.74, 6) is 0.362. The van der Waals surface area contributed by atoms with E-state index in [4.69, 9.17) is 5.10 Å². The van der Waals surface area contributed by atoms with Gasteiger partial charge in [-0.2, -0.15) is 9.61 Å². The summed E-state index contributed by atoms with van der Waals surface area (Å²) in [5, 5.41) is 16.9. The molecule has 0 saturated heterocycles. The molecule has 5 rings (SSSR count). The van der Waals surface area contributed by atoms with Gasteiger partial charge in [0, 0.05) is 11.6 Å². The Hall–Kier alpha value is -3.19. The zero-order chi connectivity index (χ0) is 21.8. The van der Waals surface area contributed by atoms with Gasteiger partial charge in [-0.25, -0.2) is 0 Å². The van der Waals surface area contributed by atoms with Crippen LogP contribution in [-0.4, -0.2) is 37.5 Å². The van der Waals surface area contributed by atoms with Gasteiger partial charge in [-0.15, -0.1) is 10.2 Å². The van der Waals surface area contributed by atoms with Crippen molar-refractivity contribution in [2.24, 2.45) is 0 Å². The van der Waals surface area contributed by atoms with E-state index in [1.807, 2.05) is 30.3 Å². The van der Waals surface area contributed by atoms with Gasteiger partial charge in [0.05, 0.1) is 11.4 Å². The lowest BCUT2D eigenvalue weighted by molar-refractivity contribution is -0.119. The van der Waals surface area contributed by atoms with Gasteiger partial charge in [0.2, 0.25) is 11.1 Å². The van der Waals surface area contributed by atoms with Crippen molar-refractivity contribution in [2.45, 2.75) is 43.3 Å². The van der Waals surface area contributed by atoms with Crippen LogP contribution in [0.1, 0.15) is 32.1 Å². The zero-order valence-electron chi connectivity index (χ0n) is 17.8. The molecular weight excluding hydrogens is 418 g/mol. The van der Waals surface area contributed by atoms with Gasteiger partial charge >= 0.3 is 0 Å². The third-order valence-corrected chi connectivity index (χ3v) is 6.74. The van der Waals surface area contributed by atoms with Crippen LogP contribution in [0.5, 0.6) is 0 Å². The van der Waals surface area contributed by atoms with E-state index in [9.17, 15) is 4.79 Å². The number of carbonyl (C=O) groups excluding carboxylic acids is 1. The van der Waals surface area contributed by atoms with Crippen molar-refractivity contribution < 1.29 is 4.79 Å². The summed E-state index contributed by atoms with van der Waals surface area (Å²) in [6.45, 7) is 0. The van der Waals surface area contributed by atoms with Gasteiger partial charge in [0.25, 0.3) is 0 Å². The number of benzene rings is 2. The smallest absolute Gasteiger partial charge is 0.230 e. The molecule has 0 unspecified atom stereocenters. The second kappa shape index (κ2) is 9.53. The average Bonchev–Trinajstić information content (AvgIpc) is 3.26. The molecular formula is C25H25N5OS. The SMILES string of the molecule is O=C(CSc1nnc2ccc(-c3ccc(-c4ccccc4)cc3)nn12)NC1CCCCC1. The second-order valence-electron chi connectivity index (χ2n) is 8.11. The second-order valence-corrected chi connectivity index (χ2v) is 9.05. The number of nitrogens with zero attached hydrogens (tertiary/aromatic N) is 4. The first-order valence-corrected chi connectivity index (χ1v) is 12.1. The predicted octanol–water partition coefficient (Wildman–Crippen LogP) is 5.00. The molecule has 0 spiro atoms. The molecule has 6 nitrogen and oxygen atoms in total. The normalized spacial score (nSPS) is 14.5. The van der Waals surface area contributed by atoms with Gasteiger partial charge in [0.15, 0.2) is 5.65 Å². The molecule has 0 aliphatic heterocycles. The molecule has 162 valence electrons. The molecule has 1 amide bonds. The van der Waals surface area contributed by atoms with Crippen LogP contribution in [-0.2, 0) is 4.79 Å². The molecule has 1 N–H and O–H groups in total. The number of aromatic nitrogens is 4. The number of hydrogen-bond acceptors (Lipinski definition) is 5. The highest BCUT2D eigenvalue weighted by molar-refractivity contribution is 7.99. The maximum Gasteiger partial charge on any atom is 0.230 e. The maximum atomic E-state index is 12.4. The molecule has 0 atom stereocenters. The summed E-state index contributed by atoms with van der Waals surface area (Å²) in [5.41, 5.74) is 4.88. The molecule has 2 heterocycles. The monoisotopic (exact) mass is 443 g/mol. The van der Waals surface area contributed by atoms with Crippen LogP contribution in [0, 0.1) is 0 Å². The van der Waals surface area contributed by atoms with E-state index in [1.54, 1.807) is 4.52 Å². The molecule has 32 heavy (non-hydrogen) atoms. The van der Waals surface area contributed by atoms with Crippen molar-refractivity contribution in [1.82, 2.24) is 25.1 Å². The quantitative estimate of drug-likeness (QED) is 0.425. The Morgan fingerprint density at radius 1 is 0.875 bits per heavy atom. The third-order valence-electron chi connectivity index (χ3n) is 5.82. The first kappa shape index (κ1) is 20.7. The van der Waals surface area contributed by atoms with Gasteiger partial charge in [-0.05, 0) is 36.1 Å². The predicted molar refractivity (Wildman–Crippen MR) is 127 cm³/mol. The minimum absolute atomic E-state index is 0.0475. The van der Waals surface area contributed by atoms with E-state index in [-0.39, 0.29) is 5.91 Å². The number of carbonyl (C=O) groups is 1. The molecule has 7 heteroatoms. The summed E-state index contributed by atoms with van der Waals surface area (Å²) in [4.78, 5) is 12.4. The van der Waals surface area contributed by atoms with E-state index < -0.39 is 0 Å². The van der Waals surface area contributed by atoms with E-state index in [0.29, 0.717) is 22.6 Å².